The van der Waals surface area contributed by atoms with Crippen LogP contribution in [0.15, 0.2) is 48.6 Å². The number of allylic oxidation sites excluding steroid dienone is 8. The van der Waals surface area contributed by atoms with Gasteiger partial charge in [-0.3, -0.25) is 14.4 Å². The van der Waals surface area contributed by atoms with E-state index in [0.29, 0.717) is 19.3 Å². The molecule has 6 heteroatoms. The van der Waals surface area contributed by atoms with Crippen LogP contribution in [0.1, 0.15) is 380 Å². The van der Waals surface area contributed by atoms with Crippen molar-refractivity contribution in [1.29, 1.82) is 0 Å². The minimum Gasteiger partial charge on any atom is -0.462 e. The number of rotatable bonds is 65. The summed E-state index contributed by atoms with van der Waals surface area (Å²) in [6.07, 6.45) is 85.6. The van der Waals surface area contributed by atoms with E-state index in [0.717, 1.165) is 70.6 Å². The van der Waals surface area contributed by atoms with Gasteiger partial charge in [0.05, 0.1) is 0 Å². The molecule has 0 saturated carbocycles. The summed E-state index contributed by atoms with van der Waals surface area (Å²) < 4.78 is 17.0. The van der Waals surface area contributed by atoms with E-state index in [9.17, 15) is 14.4 Å². The lowest BCUT2D eigenvalue weighted by Crippen LogP contribution is -2.30. The van der Waals surface area contributed by atoms with E-state index in [4.69, 9.17) is 14.2 Å². The fourth-order valence-corrected chi connectivity index (χ4v) is 10.5. The summed E-state index contributed by atoms with van der Waals surface area (Å²) in [7, 11) is 0. The van der Waals surface area contributed by atoms with Crippen molar-refractivity contribution < 1.29 is 28.6 Å². The molecular formula is C73H134O6. The zero-order chi connectivity index (χ0) is 57.1. The van der Waals surface area contributed by atoms with Crippen LogP contribution in [0.5, 0.6) is 0 Å². The molecule has 0 aliphatic rings. The number of unbranched alkanes of at least 4 members (excludes halogenated alkanes) is 46. The van der Waals surface area contributed by atoms with Crippen LogP contribution in [0, 0.1) is 0 Å². The highest BCUT2D eigenvalue weighted by Gasteiger charge is 2.19. The first-order valence-electron chi connectivity index (χ1n) is 35.1. The van der Waals surface area contributed by atoms with E-state index in [1.165, 1.54) is 270 Å². The lowest BCUT2D eigenvalue weighted by molar-refractivity contribution is -0.167. The number of hydrogen-bond donors (Lipinski definition) is 0. The lowest BCUT2D eigenvalue weighted by atomic mass is 10.0. The summed E-state index contributed by atoms with van der Waals surface area (Å²) in [5.41, 5.74) is 0. The molecular weight excluding hydrogens is 973 g/mol. The Morgan fingerprint density at radius 3 is 0.722 bits per heavy atom. The first-order chi connectivity index (χ1) is 39.0. The predicted octanol–water partition coefficient (Wildman–Crippen LogP) is 24.1. The molecule has 0 radical (unpaired) electrons. The van der Waals surface area contributed by atoms with Gasteiger partial charge in [0, 0.05) is 19.3 Å². The molecule has 6 nitrogen and oxygen atoms in total. The smallest absolute Gasteiger partial charge is 0.306 e. The topological polar surface area (TPSA) is 78.9 Å². The van der Waals surface area contributed by atoms with E-state index in [2.05, 4.69) is 69.4 Å². The van der Waals surface area contributed by atoms with Crippen LogP contribution in [-0.4, -0.2) is 37.2 Å². The third kappa shape index (κ3) is 66.1. The van der Waals surface area contributed by atoms with Crippen LogP contribution in [0.2, 0.25) is 0 Å². The standard InChI is InChI=1S/C73H134O6/c1-4-7-10-13-16-19-22-25-28-30-32-33-34-35-36-37-38-39-40-41-42-44-45-48-51-54-57-60-63-66-72(75)78-69-70(68-77-71(74)65-62-59-56-53-50-47-27-24-21-18-15-12-9-6-3)79-73(76)67-64-61-58-55-52-49-46-43-31-29-26-23-20-17-14-11-8-5-2/h22,25,29-32,34-35,70H,4-21,23-24,26-28,33,36-69H2,1-3H3/b25-22-,31-29-,32-30-,35-34-. The van der Waals surface area contributed by atoms with E-state index >= 15 is 0 Å². The van der Waals surface area contributed by atoms with Gasteiger partial charge in [-0.2, -0.15) is 0 Å². The van der Waals surface area contributed by atoms with Crippen LogP contribution in [0.3, 0.4) is 0 Å². The van der Waals surface area contributed by atoms with Crippen molar-refractivity contribution in [1.82, 2.24) is 0 Å². The zero-order valence-corrected chi connectivity index (χ0v) is 53.2. The number of hydrogen-bond acceptors (Lipinski definition) is 6. The average molecular weight is 1110 g/mol. The second-order valence-electron chi connectivity index (χ2n) is 23.8. The fourth-order valence-electron chi connectivity index (χ4n) is 10.5. The molecule has 0 amide bonds. The van der Waals surface area contributed by atoms with Gasteiger partial charge in [0.1, 0.15) is 13.2 Å². The summed E-state index contributed by atoms with van der Waals surface area (Å²) in [4.78, 5) is 38.4. The van der Waals surface area contributed by atoms with Crippen LogP contribution < -0.4 is 0 Å². The van der Waals surface area contributed by atoms with Crippen molar-refractivity contribution in [2.75, 3.05) is 13.2 Å². The summed E-state index contributed by atoms with van der Waals surface area (Å²) >= 11 is 0. The van der Waals surface area contributed by atoms with E-state index in [-0.39, 0.29) is 31.1 Å². The van der Waals surface area contributed by atoms with Gasteiger partial charge in [0.2, 0.25) is 0 Å². The van der Waals surface area contributed by atoms with Gasteiger partial charge in [0.15, 0.2) is 6.10 Å². The van der Waals surface area contributed by atoms with Crippen molar-refractivity contribution in [3.8, 4) is 0 Å². The fraction of sp³-hybridized carbons (Fsp3) is 0.849. The molecule has 1 atom stereocenters. The monoisotopic (exact) mass is 1110 g/mol. The van der Waals surface area contributed by atoms with Gasteiger partial charge in [-0.15, -0.1) is 0 Å². The molecule has 0 aliphatic carbocycles. The highest BCUT2D eigenvalue weighted by Crippen LogP contribution is 2.18. The second-order valence-corrected chi connectivity index (χ2v) is 23.8. The van der Waals surface area contributed by atoms with Crippen molar-refractivity contribution in [3.63, 3.8) is 0 Å². The van der Waals surface area contributed by atoms with Crippen LogP contribution >= 0.6 is 0 Å². The Labute approximate surface area is 492 Å². The molecule has 0 fully saturated rings. The molecule has 0 aromatic heterocycles. The third-order valence-corrected chi connectivity index (χ3v) is 15.8. The Bertz CT molecular complexity index is 1360. The molecule has 0 aromatic carbocycles. The normalized spacial score (nSPS) is 12.3. The Morgan fingerprint density at radius 1 is 0.253 bits per heavy atom. The summed E-state index contributed by atoms with van der Waals surface area (Å²) in [5.74, 6) is -0.849. The highest BCUT2D eigenvalue weighted by atomic mass is 16.6. The van der Waals surface area contributed by atoms with Gasteiger partial charge in [-0.1, -0.05) is 326 Å². The van der Waals surface area contributed by atoms with Crippen molar-refractivity contribution in [2.24, 2.45) is 0 Å². The number of carbonyl (C=O) groups excluding carboxylic acids is 3. The average Bonchev–Trinajstić information content (AvgIpc) is 3.45. The minimum atomic E-state index is -0.774. The zero-order valence-electron chi connectivity index (χ0n) is 53.2. The Kier molecular flexibility index (Phi) is 65.6. The molecule has 0 spiro atoms. The molecule has 0 rings (SSSR count). The van der Waals surface area contributed by atoms with Gasteiger partial charge in [-0.25, -0.2) is 0 Å². The van der Waals surface area contributed by atoms with Crippen LogP contribution in [0.4, 0.5) is 0 Å². The molecule has 0 N–H and O–H groups in total. The molecule has 0 aliphatic heterocycles. The predicted molar refractivity (Wildman–Crippen MR) is 344 cm³/mol. The number of carbonyl (C=O) groups is 3. The molecule has 0 bridgehead atoms. The first-order valence-corrected chi connectivity index (χ1v) is 35.1. The van der Waals surface area contributed by atoms with Gasteiger partial charge in [-0.05, 0) is 83.5 Å². The van der Waals surface area contributed by atoms with Gasteiger partial charge < -0.3 is 14.2 Å². The Balaban J connectivity index is 4.23. The van der Waals surface area contributed by atoms with Gasteiger partial charge in [0.25, 0.3) is 0 Å². The number of ether oxygens (including phenoxy) is 3. The Hall–Kier alpha value is -2.63. The first kappa shape index (κ1) is 76.4. The van der Waals surface area contributed by atoms with E-state index in [1.807, 2.05) is 0 Å². The molecule has 0 heterocycles. The molecule has 1 unspecified atom stereocenters. The van der Waals surface area contributed by atoms with Crippen molar-refractivity contribution in [2.45, 2.75) is 386 Å². The lowest BCUT2D eigenvalue weighted by Gasteiger charge is -2.18. The number of esters is 3. The maximum absolute atomic E-state index is 12.9. The van der Waals surface area contributed by atoms with E-state index < -0.39 is 6.10 Å². The van der Waals surface area contributed by atoms with Gasteiger partial charge >= 0.3 is 17.9 Å². The molecule has 79 heavy (non-hydrogen) atoms. The maximum atomic E-state index is 12.9. The van der Waals surface area contributed by atoms with Crippen LogP contribution in [-0.2, 0) is 28.6 Å². The van der Waals surface area contributed by atoms with Crippen molar-refractivity contribution >= 4 is 17.9 Å². The maximum Gasteiger partial charge on any atom is 0.306 e. The van der Waals surface area contributed by atoms with Crippen LogP contribution in [0.25, 0.3) is 0 Å². The summed E-state index contributed by atoms with van der Waals surface area (Å²) in [6.45, 7) is 6.69. The third-order valence-electron chi connectivity index (χ3n) is 15.8. The Morgan fingerprint density at radius 2 is 0.456 bits per heavy atom. The summed E-state index contributed by atoms with van der Waals surface area (Å²) in [6, 6.07) is 0. The summed E-state index contributed by atoms with van der Waals surface area (Å²) in [5, 5.41) is 0. The second kappa shape index (κ2) is 67.9. The molecule has 0 aromatic rings. The van der Waals surface area contributed by atoms with E-state index in [1.54, 1.807) is 0 Å². The quantitative estimate of drug-likeness (QED) is 0.0261. The SMILES string of the molecule is CCCCCCC/C=C\C/C=C\C/C=C\CCCCCCCCCCCCCCCCC(=O)OCC(COC(=O)CCCCCCCCCCCCCCCC)OC(=O)CCCCCCCCC/C=C\CCCCCCCCC. The highest BCUT2D eigenvalue weighted by molar-refractivity contribution is 5.71. The minimum absolute atomic E-state index is 0.0698. The largest absolute Gasteiger partial charge is 0.462 e. The molecule has 462 valence electrons. The van der Waals surface area contributed by atoms with Crippen molar-refractivity contribution in [3.05, 3.63) is 48.6 Å². The molecule has 0 saturated heterocycles.